The molecule has 1 N–H and O–H groups in total. The average Bonchev–Trinajstić information content (AvgIpc) is 2.46. The predicted octanol–water partition coefficient (Wildman–Crippen LogP) is 4.28. The molecule has 0 saturated heterocycles. The summed E-state index contributed by atoms with van der Waals surface area (Å²) in [6.07, 6.45) is 0. The minimum absolute atomic E-state index is 0.580. The van der Waals surface area contributed by atoms with E-state index in [4.69, 9.17) is 21.1 Å². The Balaban J connectivity index is 1.72. The molecular weight excluding hydrogens is 354 g/mol. The van der Waals surface area contributed by atoms with E-state index in [0.717, 1.165) is 29.1 Å². The Labute approximate surface area is 138 Å². The van der Waals surface area contributed by atoms with Gasteiger partial charge in [-0.3, -0.25) is 0 Å². The molecule has 0 aliphatic heterocycles. The lowest BCUT2D eigenvalue weighted by molar-refractivity contribution is 0.313. The largest absolute Gasteiger partial charge is 0.497 e. The summed E-state index contributed by atoms with van der Waals surface area (Å²) in [4.78, 5) is 0. The number of hydrogen-bond acceptors (Lipinski definition) is 3. The van der Waals surface area contributed by atoms with Crippen LogP contribution in [0, 0.1) is 0 Å². The van der Waals surface area contributed by atoms with Gasteiger partial charge < -0.3 is 14.8 Å². The summed E-state index contributed by atoms with van der Waals surface area (Å²) >= 11 is 9.35. The number of halogens is 2. The van der Waals surface area contributed by atoms with Gasteiger partial charge in [-0.25, -0.2) is 0 Å². The van der Waals surface area contributed by atoms with Crippen LogP contribution in [-0.2, 0) is 6.54 Å². The first kappa shape index (κ1) is 16.1. The van der Waals surface area contributed by atoms with Crippen molar-refractivity contribution in [3.05, 3.63) is 57.5 Å². The SMILES string of the molecule is COc1cccc(CNCCOc2cc(Cl)cc(Br)c2)c1. The summed E-state index contributed by atoms with van der Waals surface area (Å²) in [5, 5.41) is 3.98. The summed E-state index contributed by atoms with van der Waals surface area (Å²) < 4.78 is 11.8. The summed E-state index contributed by atoms with van der Waals surface area (Å²) in [5.41, 5.74) is 1.18. The molecule has 0 atom stereocenters. The maximum absolute atomic E-state index is 5.96. The molecular formula is C16H17BrClNO2. The summed E-state index contributed by atoms with van der Waals surface area (Å²) in [7, 11) is 1.67. The van der Waals surface area contributed by atoms with E-state index >= 15 is 0 Å². The van der Waals surface area contributed by atoms with Crippen molar-refractivity contribution in [3.63, 3.8) is 0 Å². The lowest BCUT2D eigenvalue weighted by Crippen LogP contribution is -2.20. The Morgan fingerprint density at radius 3 is 2.76 bits per heavy atom. The van der Waals surface area contributed by atoms with Crippen LogP contribution in [0.4, 0.5) is 0 Å². The smallest absolute Gasteiger partial charge is 0.121 e. The monoisotopic (exact) mass is 369 g/mol. The van der Waals surface area contributed by atoms with Crippen molar-refractivity contribution < 1.29 is 9.47 Å². The van der Waals surface area contributed by atoms with Gasteiger partial charge in [0.25, 0.3) is 0 Å². The highest BCUT2D eigenvalue weighted by Crippen LogP contribution is 2.24. The minimum Gasteiger partial charge on any atom is -0.497 e. The van der Waals surface area contributed by atoms with Crippen LogP contribution in [0.2, 0.25) is 5.02 Å². The zero-order chi connectivity index (χ0) is 15.1. The standard InChI is InChI=1S/C16H17BrClNO2/c1-20-15-4-2-3-12(7-15)11-19-5-6-21-16-9-13(17)8-14(18)10-16/h2-4,7-10,19H,5-6,11H2,1H3. The zero-order valence-corrected chi connectivity index (χ0v) is 14.1. The normalized spacial score (nSPS) is 10.4. The van der Waals surface area contributed by atoms with Gasteiger partial charge in [-0.2, -0.15) is 0 Å². The van der Waals surface area contributed by atoms with Gasteiger partial charge in [-0.1, -0.05) is 39.7 Å². The fourth-order valence-corrected chi connectivity index (χ4v) is 2.70. The summed E-state index contributed by atoms with van der Waals surface area (Å²) in [6.45, 7) is 2.11. The fourth-order valence-electron chi connectivity index (χ4n) is 1.87. The predicted molar refractivity (Wildman–Crippen MR) is 89.3 cm³/mol. The maximum atomic E-state index is 5.96. The Bertz CT molecular complexity index is 572. The van der Waals surface area contributed by atoms with Crippen molar-refractivity contribution in [2.24, 2.45) is 0 Å². The summed E-state index contributed by atoms with van der Waals surface area (Å²) in [5.74, 6) is 1.63. The Morgan fingerprint density at radius 1 is 1.14 bits per heavy atom. The number of ether oxygens (including phenoxy) is 2. The molecule has 21 heavy (non-hydrogen) atoms. The molecule has 5 heteroatoms. The molecule has 0 heterocycles. The van der Waals surface area contributed by atoms with Crippen LogP contribution in [0.3, 0.4) is 0 Å². The van der Waals surface area contributed by atoms with Crippen LogP contribution >= 0.6 is 27.5 Å². The van der Waals surface area contributed by atoms with Gasteiger partial charge in [-0.05, 0) is 35.9 Å². The number of methoxy groups -OCH3 is 1. The molecule has 0 aromatic heterocycles. The van der Waals surface area contributed by atoms with Gasteiger partial charge in [0.15, 0.2) is 0 Å². The highest BCUT2D eigenvalue weighted by atomic mass is 79.9. The van der Waals surface area contributed by atoms with E-state index in [1.165, 1.54) is 5.56 Å². The van der Waals surface area contributed by atoms with Crippen LogP contribution in [0.25, 0.3) is 0 Å². The van der Waals surface area contributed by atoms with Crippen molar-refractivity contribution in [2.45, 2.75) is 6.54 Å². The Hall–Kier alpha value is -1.23. The third-order valence-electron chi connectivity index (χ3n) is 2.85. The molecule has 2 aromatic rings. The second kappa shape index (κ2) is 8.27. The molecule has 2 aromatic carbocycles. The molecule has 0 bridgehead atoms. The van der Waals surface area contributed by atoms with E-state index < -0.39 is 0 Å². The van der Waals surface area contributed by atoms with E-state index in [-0.39, 0.29) is 0 Å². The molecule has 0 unspecified atom stereocenters. The third kappa shape index (κ3) is 5.58. The molecule has 0 aliphatic carbocycles. The van der Waals surface area contributed by atoms with Crippen LogP contribution in [0.5, 0.6) is 11.5 Å². The van der Waals surface area contributed by atoms with Crippen molar-refractivity contribution in [1.29, 1.82) is 0 Å². The molecule has 0 fully saturated rings. The molecule has 0 saturated carbocycles. The molecule has 3 nitrogen and oxygen atoms in total. The number of benzene rings is 2. The molecule has 0 radical (unpaired) electrons. The van der Waals surface area contributed by atoms with Gasteiger partial charge in [-0.15, -0.1) is 0 Å². The van der Waals surface area contributed by atoms with Crippen molar-refractivity contribution >= 4 is 27.5 Å². The van der Waals surface area contributed by atoms with Gasteiger partial charge in [0.05, 0.1) is 7.11 Å². The average molecular weight is 371 g/mol. The molecule has 0 spiro atoms. The van der Waals surface area contributed by atoms with Gasteiger partial charge >= 0.3 is 0 Å². The molecule has 2 rings (SSSR count). The lowest BCUT2D eigenvalue weighted by Gasteiger charge is -2.09. The highest BCUT2D eigenvalue weighted by Gasteiger charge is 1.99. The van der Waals surface area contributed by atoms with E-state index in [0.29, 0.717) is 11.6 Å². The van der Waals surface area contributed by atoms with Crippen LogP contribution < -0.4 is 14.8 Å². The maximum Gasteiger partial charge on any atom is 0.121 e. The second-order valence-electron chi connectivity index (χ2n) is 4.48. The van der Waals surface area contributed by atoms with Crippen molar-refractivity contribution in [3.8, 4) is 11.5 Å². The van der Waals surface area contributed by atoms with Crippen LogP contribution in [0.1, 0.15) is 5.56 Å². The highest BCUT2D eigenvalue weighted by molar-refractivity contribution is 9.10. The second-order valence-corrected chi connectivity index (χ2v) is 5.83. The first-order valence-electron chi connectivity index (χ1n) is 6.60. The fraction of sp³-hybridized carbons (Fsp3) is 0.250. The van der Waals surface area contributed by atoms with Crippen LogP contribution in [0.15, 0.2) is 46.9 Å². The number of rotatable bonds is 7. The first-order chi connectivity index (χ1) is 10.2. The van der Waals surface area contributed by atoms with E-state index in [2.05, 4.69) is 27.3 Å². The third-order valence-corrected chi connectivity index (χ3v) is 3.52. The van der Waals surface area contributed by atoms with Gasteiger partial charge in [0, 0.05) is 22.6 Å². The van der Waals surface area contributed by atoms with E-state index in [1.807, 2.05) is 30.3 Å². The van der Waals surface area contributed by atoms with E-state index in [1.54, 1.807) is 13.2 Å². The minimum atomic E-state index is 0.580. The number of nitrogens with one attached hydrogen (secondary N) is 1. The van der Waals surface area contributed by atoms with E-state index in [9.17, 15) is 0 Å². The quantitative estimate of drug-likeness (QED) is 0.738. The Morgan fingerprint density at radius 2 is 2.00 bits per heavy atom. The summed E-state index contributed by atoms with van der Waals surface area (Å²) in [6, 6.07) is 13.5. The molecule has 112 valence electrons. The molecule has 0 amide bonds. The van der Waals surface area contributed by atoms with Gasteiger partial charge in [0.2, 0.25) is 0 Å². The van der Waals surface area contributed by atoms with Crippen molar-refractivity contribution in [2.75, 3.05) is 20.3 Å². The van der Waals surface area contributed by atoms with Crippen LogP contribution in [-0.4, -0.2) is 20.3 Å². The Kier molecular flexibility index (Phi) is 6.36. The zero-order valence-electron chi connectivity index (χ0n) is 11.7. The molecule has 0 aliphatic rings. The first-order valence-corrected chi connectivity index (χ1v) is 7.77. The number of hydrogen-bond donors (Lipinski definition) is 1. The lowest BCUT2D eigenvalue weighted by atomic mass is 10.2. The topological polar surface area (TPSA) is 30.5 Å². The van der Waals surface area contributed by atoms with Crippen molar-refractivity contribution in [1.82, 2.24) is 5.32 Å². The van der Waals surface area contributed by atoms with Gasteiger partial charge in [0.1, 0.15) is 18.1 Å².